The third-order valence-electron chi connectivity index (χ3n) is 3.76. The Morgan fingerprint density at radius 3 is 2.76 bits per heavy atom. The van der Waals surface area contributed by atoms with E-state index in [4.69, 9.17) is 0 Å². The molecule has 2 aromatic heterocycles. The normalized spacial score (nSPS) is 12.5. The first-order valence-corrected chi connectivity index (χ1v) is 8.89. The maximum absolute atomic E-state index is 4.62. The minimum absolute atomic E-state index is 0.719. The maximum atomic E-state index is 4.62. The Labute approximate surface area is 131 Å². The Morgan fingerprint density at radius 1 is 1.19 bits per heavy atom. The second-order valence-electron chi connectivity index (χ2n) is 5.36. The Morgan fingerprint density at radius 2 is 2.05 bits per heavy atom. The first-order chi connectivity index (χ1) is 10.3. The van der Waals surface area contributed by atoms with E-state index in [1.807, 2.05) is 0 Å². The summed E-state index contributed by atoms with van der Waals surface area (Å²) in [5.74, 6) is 2.40. The van der Waals surface area contributed by atoms with Crippen LogP contribution in [0.5, 0.6) is 0 Å². The summed E-state index contributed by atoms with van der Waals surface area (Å²) in [6.07, 6.45) is 5.08. The zero-order valence-electron chi connectivity index (χ0n) is 13.3. The number of hydrogen-bond donors (Lipinski definition) is 2. The minimum atomic E-state index is 0.719. The van der Waals surface area contributed by atoms with Crippen molar-refractivity contribution in [3.05, 3.63) is 11.4 Å². The van der Waals surface area contributed by atoms with Gasteiger partial charge in [-0.25, -0.2) is 4.98 Å². The van der Waals surface area contributed by atoms with Crippen molar-refractivity contribution in [1.82, 2.24) is 9.97 Å². The standard InChI is InChI=1S/C16H26N4S/c1-4-7-8-12(5-2)11-18-14-13-9-10-21-15(13)20-16(19-14)17-6-3/h9-10,12H,4-8,11H2,1-3H3,(H2,17,18,19,20). The summed E-state index contributed by atoms with van der Waals surface area (Å²) in [4.78, 5) is 10.2. The summed E-state index contributed by atoms with van der Waals surface area (Å²) in [6.45, 7) is 8.41. The van der Waals surface area contributed by atoms with E-state index in [-0.39, 0.29) is 0 Å². The smallest absolute Gasteiger partial charge is 0.226 e. The van der Waals surface area contributed by atoms with Crippen molar-refractivity contribution < 1.29 is 0 Å². The molecule has 0 bridgehead atoms. The fraction of sp³-hybridized carbons (Fsp3) is 0.625. The molecule has 0 spiro atoms. The molecule has 0 aliphatic rings. The average Bonchev–Trinajstić information content (AvgIpc) is 2.96. The van der Waals surface area contributed by atoms with Gasteiger partial charge >= 0.3 is 0 Å². The van der Waals surface area contributed by atoms with E-state index in [2.05, 4.69) is 52.8 Å². The summed E-state index contributed by atoms with van der Waals surface area (Å²) in [7, 11) is 0. The molecule has 0 saturated carbocycles. The molecule has 21 heavy (non-hydrogen) atoms. The molecule has 2 N–H and O–H groups in total. The summed E-state index contributed by atoms with van der Waals surface area (Å²) < 4.78 is 0. The molecule has 2 aromatic rings. The van der Waals surface area contributed by atoms with E-state index >= 15 is 0 Å². The van der Waals surface area contributed by atoms with Crippen LogP contribution in [0, 0.1) is 5.92 Å². The van der Waals surface area contributed by atoms with Gasteiger partial charge in [0.2, 0.25) is 5.95 Å². The third kappa shape index (κ3) is 4.30. The molecule has 1 atom stereocenters. The predicted octanol–water partition coefficient (Wildman–Crippen LogP) is 4.75. The Balaban J connectivity index is 2.10. The molecule has 0 aliphatic heterocycles. The number of nitrogens with one attached hydrogen (secondary N) is 2. The molecular formula is C16H26N4S. The predicted molar refractivity (Wildman–Crippen MR) is 93.4 cm³/mol. The summed E-state index contributed by atoms with van der Waals surface area (Å²) in [5.41, 5.74) is 0. The minimum Gasteiger partial charge on any atom is -0.369 e. The lowest BCUT2D eigenvalue weighted by molar-refractivity contribution is 0.472. The van der Waals surface area contributed by atoms with Crippen LogP contribution in [0.2, 0.25) is 0 Å². The average molecular weight is 306 g/mol. The molecule has 0 saturated heterocycles. The van der Waals surface area contributed by atoms with Crippen molar-refractivity contribution in [3.8, 4) is 0 Å². The van der Waals surface area contributed by atoms with Gasteiger partial charge in [0.25, 0.3) is 0 Å². The topological polar surface area (TPSA) is 49.8 Å². The quantitative estimate of drug-likeness (QED) is 0.702. The highest BCUT2D eigenvalue weighted by Gasteiger charge is 2.11. The van der Waals surface area contributed by atoms with Gasteiger partial charge in [-0.05, 0) is 30.7 Å². The van der Waals surface area contributed by atoms with E-state index in [1.54, 1.807) is 11.3 Å². The summed E-state index contributed by atoms with van der Waals surface area (Å²) in [5, 5.41) is 9.97. The molecule has 2 rings (SSSR count). The van der Waals surface area contributed by atoms with Gasteiger partial charge in [-0.2, -0.15) is 4.98 Å². The molecule has 0 radical (unpaired) electrons. The number of rotatable bonds is 9. The SMILES string of the molecule is CCCCC(CC)CNc1nc(NCC)nc2sccc12. The van der Waals surface area contributed by atoms with Gasteiger partial charge in [-0.3, -0.25) is 0 Å². The highest BCUT2D eigenvalue weighted by atomic mass is 32.1. The largest absolute Gasteiger partial charge is 0.369 e. The number of thiophene rings is 1. The highest BCUT2D eigenvalue weighted by molar-refractivity contribution is 7.16. The first kappa shape index (κ1) is 16.0. The Hall–Kier alpha value is -1.36. The Bertz CT molecular complexity index is 552. The van der Waals surface area contributed by atoms with Crippen molar-refractivity contribution in [1.29, 1.82) is 0 Å². The van der Waals surface area contributed by atoms with Gasteiger partial charge in [0.1, 0.15) is 10.6 Å². The van der Waals surface area contributed by atoms with E-state index < -0.39 is 0 Å². The molecule has 1 unspecified atom stereocenters. The van der Waals surface area contributed by atoms with Crippen molar-refractivity contribution in [3.63, 3.8) is 0 Å². The molecule has 116 valence electrons. The molecule has 0 fully saturated rings. The zero-order chi connectivity index (χ0) is 15.1. The fourth-order valence-electron chi connectivity index (χ4n) is 2.41. The van der Waals surface area contributed by atoms with Crippen molar-refractivity contribution >= 4 is 33.3 Å². The van der Waals surface area contributed by atoms with E-state index in [0.29, 0.717) is 0 Å². The Kier molecular flexibility index (Phi) is 6.23. The number of nitrogens with zero attached hydrogens (tertiary/aromatic N) is 2. The number of fused-ring (bicyclic) bond motifs is 1. The number of aromatic nitrogens is 2. The van der Waals surface area contributed by atoms with Gasteiger partial charge in [0.05, 0.1) is 5.39 Å². The summed E-state index contributed by atoms with van der Waals surface area (Å²) in [6, 6.07) is 2.10. The monoisotopic (exact) mass is 306 g/mol. The van der Waals surface area contributed by atoms with Gasteiger partial charge in [-0.1, -0.05) is 33.1 Å². The molecular weight excluding hydrogens is 280 g/mol. The van der Waals surface area contributed by atoms with Gasteiger partial charge in [0, 0.05) is 13.1 Å². The van der Waals surface area contributed by atoms with Gasteiger partial charge < -0.3 is 10.6 Å². The molecule has 4 nitrogen and oxygen atoms in total. The molecule has 2 heterocycles. The molecule has 0 aromatic carbocycles. The maximum Gasteiger partial charge on any atom is 0.226 e. The molecule has 0 aliphatic carbocycles. The second kappa shape index (κ2) is 8.17. The van der Waals surface area contributed by atoms with Crippen LogP contribution in [0.25, 0.3) is 10.2 Å². The van der Waals surface area contributed by atoms with Crippen molar-refractivity contribution in [2.45, 2.75) is 46.5 Å². The molecule has 5 heteroatoms. The van der Waals surface area contributed by atoms with Crippen LogP contribution < -0.4 is 10.6 Å². The lowest BCUT2D eigenvalue weighted by Crippen LogP contribution is -2.15. The van der Waals surface area contributed by atoms with Crippen LogP contribution in [0.4, 0.5) is 11.8 Å². The van der Waals surface area contributed by atoms with Crippen LogP contribution in [0.1, 0.15) is 46.5 Å². The van der Waals surface area contributed by atoms with Crippen LogP contribution in [0.3, 0.4) is 0 Å². The number of unbranched alkanes of at least 4 members (excludes halogenated alkanes) is 1. The van der Waals surface area contributed by atoms with Gasteiger partial charge in [-0.15, -0.1) is 11.3 Å². The number of hydrogen-bond acceptors (Lipinski definition) is 5. The van der Waals surface area contributed by atoms with Crippen LogP contribution in [-0.2, 0) is 0 Å². The summed E-state index contributed by atoms with van der Waals surface area (Å²) >= 11 is 1.66. The number of anilines is 2. The van der Waals surface area contributed by atoms with Crippen LogP contribution >= 0.6 is 11.3 Å². The van der Waals surface area contributed by atoms with E-state index in [9.17, 15) is 0 Å². The van der Waals surface area contributed by atoms with Gasteiger partial charge in [0.15, 0.2) is 0 Å². The first-order valence-electron chi connectivity index (χ1n) is 8.01. The van der Waals surface area contributed by atoms with E-state index in [1.165, 1.54) is 25.7 Å². The lowest BCUT2D eigenvalue weighted by Gasteiger charge is -2.16. The second-order valence-corrected chi connectivity index (χ2v) is 6.26. The van der Waals surface area contributed by atoms with E-state index in [0.717, 1.165) is 41.0 Å². The van der Waals surface area contributed by atoms with Crippen molar-refractivity contribution in [2.24, 2.45) is 5.92 Å². The molecule has 0 amide bonds. The van der Waals surface area contributed by atoms with Crippen LogP contribution in [-0.4, -0.2) is 23.1 Å². The lowest BCUT2D eigenvalue weighted by atomic mass is 9.99. The zero-order valence-corrected chi connectivity index (χ0v) is 14.1. The fourth-order valence-corrected chi connectivity index (χ4v) is 3.18. The van der Waals surface area contributed by atoms with Crippen LogP contribution in [0.15, 0.2) is 11.4 Å². The third-order valence-corrected chi connectivity index (χ3v) is 4.57. The highest BCUT2D eigenvalue weighted by Crippen LogP contribution is 2.27. The van der Waals surface area contributed by atoms with Crippen molar-refractivity contribution in [2.75, 3.05) is 23.7 Å².